The summed E-state index contributed by atoms with van der Waals surface area (Å²) >= 11 is 0. The lowest BCUT2D eigenvalue weighted by atomic mass is 10.3. The van der Waals surface area contributed by atoms with E-state index in [-0.39, 0.29) is 12.0 Å². The van der Waals surface area contributed by atoms with Crippen LogP contribution in [-0.4, -0.2) is 52.1 Å². The Morgan fingerprint density at radius 3 is 2.69 bits per heavy atom. The highest BCUT2D eigenvalue weighted by Gasteiger charge is 2.28. The molecule has 0 radical (unpaired) electrons. The first-order valence-corrected chi connectivity index (χ1v) is 5.68. The minimum Gasteiger partial charge on any atom is -0.468 e. The molecule has 1 N–H and O–H groups in total. The predicted molar refractivity (Wildman–Crippen MR) is 59.3 cm³/mol. The van der Waals surface area contributed by atoms with Crippen molar-refractivity contribution in [1.82, 2.24) is 5.32 Å². The van der Waals surface area contributed by atoms with Crippen LogP contribution in [0, 0.1) is 0 Å². The maximum atomic E-state index is 11.4. The Hall–Kier alpha value is -0.650. The molecule has 1 rings (SSSR count). The lowest BCUT2D eigenvalue weighted by Gasteiger charge is -2.16. The summed E-state index contributed by atoms with van der Waals surface area (Å²) in [5, 5.41) is 3.20. The molecule has 0 aromatic rings. The molecule has 94 valence electrons. The standard InChI is InChI=1S/C11H21NO4/c1-14-6-3-7-16-8-10(11(13)15-2)12-9-4-5-9/h9-10,12H,3-8H2,1-2H3. The Labute approximate surface area is 96.4 Å². The second-order valence-corrected chi connectivity index (χ2v) is 3.94. The smallest absolute Gasteiger partial charge is 0.325 e. The summed E-state index contributed by atoms with van der Waals surface area (Å²) in [5.41, 5.74) is 0. The average Bonchev–Trinajstić information content (AvgIpc) is 3.10. The Balaban J connectivity index is 2.13. The zero-order valence-corrected chi connectivity index (χ0v) is 10.0. The van der Waals surface area contributed by atoms with Crippen molar-refractivity contribution >= 4 is 5.97 Å². The Kier molecular flexibility index (Phi) is 6.37. The molecule has 1 saturated carbocycles. The molecule has 5 heteroatoms. The van der Waals surface area contributed by atoms with Crippen LogP contribution in [0.3, 0.4) is 0 Å². The number of methoxy groups -OCH3 is 2. The van der Waals surface area contributed by atoms with Gasteiger partial charge in [-0.3, -0.25) is 10.1 Å². The molecule has 0 aromatic heterocycles. The fourth-order valence-corrected chi connectivity index (χ4v) is 1.37. The van der Waals surface area contributed by atoms with Crippen molar-refractivity contribution in [2.45, 2.75) is 31.3 Å². The third kappa shape index (κ3) is 5.44. The molecule has 1 fully saturated rings. The largest absolute Gasteiger partial charge is 0.468 e. The molecule has 0 heterocycles. The van der Waals surface area contributed by atoms with E-state index in [9.17, 15) is 4.79 Å². The van der Waals surface area contributed by atoms with Crippen LogP contribution in [0.1, 0.15) is 19.3 Å². The van der Waals surface area contributed by atoms with Gasteiger partial charge in [-0.1, -0.05) is 0 Å². The highest BCUT2D eigenvalue weighted by atomic mass is 16.5. The van der Waals surface area contributed by atoms with E-state index in [0.717, 1.165) is 19.3 Å². The molecule has 1 unspecified atom stereocenters. The summed E-state index contributed by atoms with van der Waals surface area (Å²) in [6.07, 6.45) is 3.11. The van der Waals surface area contributed by atoms with Crippen LogP contribution < -0.4 is 5.32 Å². The van der Waals surface area contributed by atoms with E-state index in [2.05, 4.69) is 5.32 Å². The number of rotatable bonds is 9. The van der Waals surface area contributed by atoms with Gasteiger partial charge < -0.3 is 14.2 Å². The maximum Gasteiger partial charge on any atom is 0.325 e. The zero-order chi connectivity index (χ0) is 11.8. The van der Waals surface area contributed by atoms with Gasteiger partial charge in [0.2, 0.25) is 0 Å². The van der Waals surface area contributed by atoms with Crippen LogP contribution in [0.4, 0.5) is 0 Å². The summed E-state index contributed by atoms with van der Waals surface area (Å²) in [5.74, 6) is -0.251. The van der Waals surface area contributed by atoms with Crippen LogP contribution in [0.25, 0.3) is 0 Å². The first-order chi connectivity index (χ1) is 7.77. The third-order valence-corrected chi connectivity index (χ3v) is 2.42. The second-order valence-electron chi connectivity index (χ2n) is 3.94. The molecular weight excluding hydrogens is 210 g/mol. The summed E-state index contributed by atoms with van der Waals surface area (Å²) in [6.45, 7) is 1.65. The van der Waals surface area contributed by atoms with E-state index in [1.807, 2.05) is 0 Å². The van der Waals surface area contributed by atoms with Gasteiger partial charge in [-0.05, 0) is 19.3 Å². The number of esters is 1. The van der Waals surface area contributed by atoms with Crippen LogP contribution in [0.2, 0.25) is 0 Å². The highest BCUT2D eigenvalue weighted by Crippen LogP contribution is 2.19. The number of hydrogen-bond acceptors (Lipinski definition) is 5. The molecule has 1 atom stereocenters. The first-order valence-electron chi connectivity index (χ1n) is 5.68. The number of ether oxygens (including phenoxy) is 3. The molecule has 1 aliphatic rings. The van der Waals surface area contributed by atoms with Crippen molar-refractivity contribution in [3.8, 4) is 0 Å². The maximum absolute atomic E-state index is 11.4. The summed E-state index contributed by atoms with van der Waals surface area (Å²) < 4.78 is 15.0. The monoisotopic (exact) mass is 231 g/mol. The van der Waals surface area contributed by atoms with Gasteiger partial charge in [-0.2, -0.15) is 0 Å². The molecule has 16 heavy (non-hydrogen) atoms. The number of nitrogens with one attached hydrogen (secondary N) is 1. The van der Waals surface area contributed by atoms with E-state index < -0.39 is 0 Å². The number of carbonyl (C=O) groups is 1. The van der Waals surface area contributed by atoms with Gasteiger partial charge in [-0.15, -0.1) is 0 Å². The van der Waals surface area contributed by atoms with Crippen LogP contribution in [0.15, 0.2) is 0 Å². The van der Waals surface area contributed by atoms with Gasteiger partial charge in [0, 0.05) is 26.4 Å². The predicted octanol–water partition coefficient (Wildman–Crippen LogP) is 0.333. The summed E-state index contributed by atoms with van der Waals surface area (Å²) in [7, 11) is 3.06. The Bertz CT molecular complexity index is 206. The van der Waals surface area contributed by atoms with Crippen LogP contribution >= 0.6 is 0 Å². The van der Waals surface area contributed by atoms with Crippen molar-refractivity contribution in [3.05, 3.63) is 0 Å². The fourth-order valence-electron chi connectivity index (χ4n) is 1.37. The molecule has 0 aromatic carbocycles. The quantitative estimate of drug-likeness (QED) is 0.458. The lowest BCUT2D eigenvalue weighted by molar-refractivity contribution is -0.144. The summed E-state index contributed by atoms with van der Waals surface area (Å²) in [4.78, 5) is 11.4. The minimum atomic E-state index is -0.333. The van der Waals surface area contributed by atoms with E-state index in [4.69, 9.17) is 14.2 Å². The van der Waals surface area contributed by atoms with Crippen molar-refractivity contribution < 1.29 is 19.0 Å². The fraction of sp³-hybridized carbons (Fsp3) is 0.909. The second kappa shape index (κ2) is 7.60. The highest BCUT2D eigenvalue weighted by molar-refractivity contribution is 5.75. The van der Waals surface area contributed by atoms with Gasteiger partial charge in [0.25, 0.3) is 0 Å². The average molecular weight is 231 g/mol. The molecule has 0 bridgehead atoms. The van der Waals surface area contributed by atoms with E-state index >= 15 is 0 Å². The molecule has 0 amide bonds. The van der Waals surface area contributed by atoms with Crippen molar-refractivity contribution in [2.24, 2.45) is 0 Å². The van der Waals surface area contributed by atoms with Crippen molar-refractivity contribution in [2.75, 3.05) is 34.0 Å². The van der Waals surface area contributed by atoms with E-state index in [1.54, 1.807) is 7.11 Å². The van der Waals surface area contributed by atoms with Gasteiger partial charge >= 0.3 is 5.97 Å². The molecule has 0 saturated heterocycles. The van der Waals surface area contributed by atoms with Crippen LogP contribution in [-0.2, 0) is 19.0 Å². The number of hydrogen-bond donors (Lipinski definition) is 1. The molecule has 0 spiro atoms. The van der Waals surface area contributed by atoms with Crippen molar-refractivity contribution in [3.63, 3.8) is 0 Å². The number of carbonyl (C=O) groups excluding carboxylic acids is 1. The Morgan fingerprint density at radius 1 is 1.38 bits per heavy atom. The van der Waals surface area contributed by atoms with Crippen molar-refractivity contribution in [1.29, 1.82) is 0 Å². The van der Waals surface area contributed by atoms with E-state index in [1.165, 1.54) is 7.11 Å². The minimum absolute atomic E-state index is 0.251. The summed E-state index contributed by atoms with van der Waals surface area (Å²) in [6, 6.07) is 0.131. The topological polar surface area (TPSA) is 56.8 Å². The first kappa shape index (κ1) is 13.4. The van der Waals surface area contributed by atoms with E-state index in [0.29, 0.717) is 25.9 Å². The third-order valence-electron chi connectivity index (χ3n) is 2.42. The SMILES string of the molecule is COCCCOCC(NC1CC1)C(=O)OC. The normalized spacial score (nSPS) is 17.1. The molecule has 1 aliphatic carbocycles. The van der Waals surface area contributed by atoms with Crippen LogP contribution in [0.5, 0.6) is 0 Å². The van der Waals surface area contributed by atoms with Gasteiger partial charge in [-0.25, -0.2) is 0 Å². The van der Waals surface area contributed by atoms with Gasteiger partial charge in [0.05, 0.1) is 13.7 Å². The van der Waals surface area contributed by atoms with Gasteiger partial charge in [0.15, 0.2) is 0 Å². The van der Waals surface area contributed by atoms with Gasteiger partial charge in [0.1, 0.15) is 6.04 Å². The molecular formula is C11H21NO4. The lowest BCUT2D eigenvalue weighted by Crippen LogP contribution is -2.42. The molecule has 5 nitrogen and oxygen atoms in total. The Morgan fingerprint density at radius 2 is 2.12 bits per heavy atom. The zero-order valence-electron chi connectivity index (χ0n) is 10.0. The molecule has 0 aliphatic heterocycles.